The summed E-state index contributed by atoms with van der Waals surface area (Å²) >= 11 is 0. The van der Waals surface area contributed by atoms with Crippen molar-refractivity contribution in [2.24, 2.45) is 5.84 Å². The minimum atomic E-state index is -0.144. The van der Waals surface area contributed by atoms with E-state index in [9.17, 15) is 4.39 Å². The fourth-order valence-corrected chi connectivity index (χ4v) is 3.45. The number of hydrogen-bond acceptors (Lipinski definition) is 2. The zero-order valence-corrected chi connectivity index (χ0v) is 8.81. The Morgan fingerprint density at radius 3 is 2.53 bits per heavy atom. The summed E-state index contributed by atoms with van der Waals surface area (Å²) in [4.78, 5) is 0. The molecule has 3 aliphatic rings. The lowest BCUT2D eigenvalue weighted by Crippen LogP contribution is -2.77. The van der Waals surface area contributed by atoms with Gasteiger partial charge in [-0.1, -0.05) is 6.07 Å². The van der Waals surface area contributed by atoms with Gasteiger partial charge in [-0.15, -0.1) is 0 Å². The molecule has 1 aromatic rings. The molecule has 0 heterocycles. The molecule has 3 heteroatoms. The SMILES string of the molecule is Cc1cc(F)ccc1C12CC(NN)(C1)C2. The molecule has 80 valence electrons. The van der Waals surface area contributed by atoms with Gasteiger partial charge in [0.05, 0.1) is 0 Å². The van der Waals surface area contributed by atoms with Gasteiger partial charge in [0.2, 0.25) is 0 Å². The monoisotopic (exact) mass is 206 g/mol. The van der Waals surface area contributed by atoms with Gasteiger partial charge in [-0.3, -0.25) is 11.3 Å². The van der Waals surface area contributed by atoms with E-state index in [0.29, 0.717) is 5.41 Å². The predicted molar refractivity (Wildman–Crippen MR) is 56.7 cm³/mol. The van der Waals surface area contributed by atoms with E-state index in [1.54, 1.807) is 12.1 Å². The minimum Gasteiger partial charge on any atom is -0.271 e. The van der Waals surface area contributed by atoms with Crippen LogP contribution in [0.1, 0.15) is 30.4 Å². The number of halogens is 1. The second kappa shape index (κ2) is 2.60. The lowest BCUT2D eigenvalue weighted by atomic mass is 9.37. The van der Waals surface area contributed by atoms with Crippen LogP contribution in [-0.4, -0.2) is 5.54 Å². The number of nitrogens with one attached hydrogen (secondary N) is 1. The van der Waals surface area contributed by atoms with Gasteiger partial charge in [0, 0.05) is 11.0 Å². The number of nitrogens with two attached hydrogens (primary N) is 1. The highest BCUT2D eigenvalue weighted by Crippen LogP contribution is 2.67. The summed E-state index contributed by atoms with van der Waals surface area (Å²) in [6, 6.07) is 5.12. The molecule has 3 N–H and O–H groups in total. The molecular weight excluding hydrogens is 191 g/mol. The van der Waals surface area contributed by atoms with Crippen molar-refractivity contribution in [3.8, 4) is 0 Å². The third-order valence-electron chi connectivity index (χ3n) is 4.10. The van der Waals surface area contributed by atoms with Crippen LogP contribution >= 0.6 is 0 Å². The molecular formula is C12H15FN2. The summed E-state index contributed by atoms with van der Waals surface area (Å²) in [6.45, 7) is 1.99. The molecule has 0 radical (unpaired) electrons. The molecule has 4 rings (SSSR count). The van der Waals surface area contributed by atoms with Crippen LogP contribution in [0.5, 0.6) is 0 Å². The number of hydrogen-bond donors (Lipinski definition) is 2. The van der Waals surface area contributed by atoms with E-state index in [-0.39, 0.29) is 11.4 Å². The first-order valence-corrected chi connectivity index (χ1v) is 5.34. The standard InChI is InChI=1S/C12H15FN2/c1-8-4-9(13)2-3-10(8)11-5-12(6-11,7-11)15-14/h2-4,15H,5-7,14H2,1H3. The molecule has 3 fully saturated rings. The Morgan fingerprint density at radius 2 is 2.00 bits per heavy atom. The van der Waals surface area contributed by atoms with Crippen molar-refractivity contribution in [3.63, 3.8) is 0 Å². The number of hydrazine groups is 1. The van der Waals surface area contributed by atoms with Crippen LogP contribution in [0.25, 0.3) is 0 Å². The average molecular weight is 206 g/mol. The fraction of sp³-hybridized carbons (Fsp3) is 0.500. The van der Waals surface area contributed by atoms with Crippen molar-refractivity contribution in [2.75, 3.05) is 0 Å². The van der Waals surface area contributed by atoms with Gasteiger partial charge in [-0.25, -0.2) is 4.39 Å². The van der Waals surface area contributed by atoms with Crippen LogP contribution in [0, 0.1) is 12.7 Å². The molecule has 0 atom stereocenters. The van der Waals surface area contributed by atoms with Crippen molar-refractivity contribution in [1.29, 1.82) is 0 Å². The normalized spacial score (nSPS) is 37.0. The highest BCUT2D eigenvalue weighted by molar-refractivity contribution is 5.45. The second-order valence-corrected chi connectivity index (χ2v) is 5.19. The van der Waals surface area contributed by atoms with E-state index >= 15 is 0 Å². The van der Waals surface area contributed by atoms with Gasteiger partial charge >= 0.3 is 0 Å². The van der Waals surface area contributed by atoms with E-state index in [0.717, 1.165) is 24.8 Å². The molecule has 2 nitrogen and oxygen atoms in total. The molecule has 0 aromatic heterocycles. The van der Waals surface area contributed by atoms with E-state index in [1.807, 2.05) is 13.0 Å². The van der Waals surface area contributed by atoms with E-state index in [2.05, 4.69) is 5.43 Å². The lowest BCUT2D eigenvalue weighted by Gasteiger charge is -2.71. The lowest BCUT2D eigenvalue weighted by molar-refractivity contribution is -0.0886. The topological polar surface area (TPSA) is 38.0 Å². The first kappa shape index (κ1) is 9.31. The molecule has 0 spiro atoms. The largest absolute Gasteiger partial charge is 0.271 e. The Labute approximate surface area is 88.6 Å². The summed E-state index contributed by atoms with van der Waals surface area (Å²) in [5.74, 6) is 5.35. The van der Waals surface area contributed by atoms with E-state index in [1.165, 1.54) is 5.56 Å². The summed E-state index contributed by atoms with van der Waals surface area (Å²) < 4.78 is 13.0. The Balaban J connectivity index is 1.91. The molecule has 3 saturated carbocycles. The zero-order valence-electron chi connectivity index (χ0n) is 8.81. The molecule has 3 aliphatic carbocycles. The van der Waals surface area contributed by atoms with Crippen LogP contribution in [0.4, 0.5) is 4.39 Å². The van der Waals surface area contributed by atoms with Crippen LogP contribution in [0.3, 0.4) is 0 Å². The highest BCUT2D eigenvalue weighted by atomic mass is 19.1. The molecule has 0 unspecified atom stereocenters. The second-order valence-electron chi connectivity index (χ2n) is 5.19. The van der Waals surface area contributed by atoms with Gasteiger partial charge < -0.3 is 0 Å². The summed E-state index contributed by atoms with van der Waals surface area (Å²) in [5, 5.41) is 0. The molecule has 0 saturated heterocycles. The van der Waals surface area contributed by atoms with Crippen LogP contribution < -0.4 is 11.3 Å². The summed E-state index contributed by atoms with van der Waals surface area (Å²) in [7, 11) is 0. The third kappa shape index (κ3) is 1.05. The molecule has 0 amide bonds. The van der Waals surface area contributed by atoms with Crippen molar-refractivity contribution in [1.82, 2.24) is 5.43 Å². The Kier molecular flexibility index (Phi) is 1.61. The molecule has 2 bridgehead atoms. The Bertz CT molecular complexity index is 408. The average Bonchev–Trinajstić information content (AvgIpc) is 2.04. The van der Waals surface area contributed by atoms with Gasteiger partial charge in [-0.05, 0) is 49.4 Å². The van der Waals surface area contributed by atoms with Crippen LogP contribution in [-0.2, 0) is 5.41 Å². The quantitative estimate of drug-likeness (QED) is 0.571. The molecule has 15 heavy (non-hydrogen) atoms. The number of rotatable bonds is 2. The first-order valence-electron chi connectivity index (χ1n) is 5.34. The first-order chi connectivity index (χ1) is 7.09. The predicted octanol–water partition coefficient (Wildman–Crippen LogP) is 1.77. The Morgan fingerprint density at radius 1 is 1.33 bits per heavy atom. The molecule has 0 aliphatic heterocycles. The maximum absolute atomic E-state index is 13.0. The number of benzene rings is 1. The van der Waals surface area contributed by atoms with Crippen LogP contribution in [0.2, 0.25) is 0 Å². The van der Waals surface area contributed by atoms with E-state index < -0.39 is 0 Å². The highest BCUT2D eigenvalue weighted by Gasteiger charge is 2.68. The van der Waals surface area contributed by atoms with Crippen molar-refractivity contribution < 1.29 is 4.39 Å². The van der Waals surface area contributed by atoms with Gasteiger partial charge in [0.1, 0.15) is 5.82 Å². The van der Waals surface area contributed by atoms with Crippen LogP contribution in [0.15, 0.2) is 18.2 Å². The third-order valence-corrected chi connectivity index (χ3v) is 4.10. The summed E-state index contributed by atoms with van der Waals surface area (Å²) in [6.07, 6.45) is 3.30. The smallest absolute Gasteiger partial charge is 0.123 e. The number of aryl methyl sites for hydroxylation is 1. The zero-order chi connectivity index (χ0) is 10.7. The van der Waals surface area contributed by atoms with Crippen molar-refractivity contribution >= 4 is 0 Å². The maximum Gasteiger partial charge on any atom is 0.123 e. The maximum atomic E-state index is 13.0. The van der Waals surface area contributed by atoms with Crippen molar-refractivity contribution in [3.05, 3.63) is 35.1 Å². The van der Waals surface area contributed by atoms with Crippen molar-refractivity contribution in [2.45, 2.75) is 37.1 Å². The minimum absolute atomic E-state index is 0.144. The fourth-order valence-electron chi connectivity index (χ4n) is 3.45. The van der Waals surface area contributed by atoms with E-state index in [4.69, 9.17) is 5.84 Å². The Hall–Kier alpha value is -0.930. The summed E-state index contributed by atoms with van der Waals surface area (Å²) in [5.41, 5.74) is 5.76. The van der Waals surface area contributed by atoms with Gasteiger partial charge in [-0.2, -0.15) is 0 Å². The van der Waals surface area contributed by atoms with Gasteiger partial charge in [0.15, 0.2) is 0 Å². The van der Waals surface area contributed by atoms with Gasteiger partial charge in [0.25, 0.3) is 0 Å². The molecule has 1 aromatic carbocycles.